The molecule has 4 rings (SSSR count). The summed E-state index contributed by atoms with van der Waals surface area (Å²) in [6, 6.07) is 10.5. The van der Waals surface area contributed by atoms with Crippen molar-refractivity contribution >= 4 is 11.8 Å². The Morgan fingerprint density at radius 3 is 3.00 bits per heavy atom. The molecule has 0 saturated heterocycles. The average Bonchev–Trinajstić information content (AvgIpc) is 2.98. The minimum atomic E-state index is -0.220. The Bertz CT molecular complexity index is 911. The van der Waals surface area contributed by atoms with Gasteiger partial charge in [-0.2, -0.15) is 5.26 Å². The monoisotopic (exact) mass is 323 g/mol. The van der Waals surface area contributed by atoms with Crippen LogP contribution in [-0.2, 0) is 18.4 Å². The Balaban J connectivity index is 2.05. The third kappa shape index (κ3) is 1.98. The largest absolute Gasteiger partial charge is 0.285 e. The minimum Gasteiger partial charge on any atom is -0.285 e. The molecule has 0 bridgehead atoms. The zero-order valence-electron chi connectivity index (χ0n) is 13.2. The molecular formula is C18H17N3OS. The summed E-state index contributed by atoms with van der Waals surface area (Å²) < 4.78 is 1.69. The van der Waals surface area contributed by atoms with Crippen molar-refractivity contribution in [2.45, 2.75) is 49.1 Å². The molecule has 1 aromatic carbocycles. The lowest BCUT2D eigenvalue weighted by Crippen LogP contribution is -2.39. The van der Waals surface area contributed by atoms with Crippen molar-refractivity contribution in [2.75, 3.05) is 0 Å². The van der Waals surface area contributed by atoms with E-state index in [4.69, 9.17) is 4.98 Å². The molecule has 0 spiro atoms. The number of thioether (sulfide) groups is 1. The second-order valence-corrected chi connectivity index (χ2v) is 7.69. The van der Waals surface area contributed by atoms with Crippen molar-refractivity contribution in [3.05, 3.63) is 45.7 Å². The first-order valence-electron chi connectivity index (χ1n) is 7.87. The smallest absolute Gasteiger partial charge is 0.258 e. The molecule has 2 aliphatic rings. The molecule has 1 aliphatic carbocycles. The predicted octanol–water partition coefficient (Wildman–Crippen LogP) is 3.13. The Morgan fingerprint density at radius 1 is 1.48 bits per heavy atom. The molecule has 116 valence electrons. The van der Waals surface area contributed by atoms with Crippen LogP contribution in [-0.4, -0.2) is 14.8 Å². The van der Waals surface area contributed by atoms with Crippen LogP contribution in [0.3, 0.4) is 0 Å². The third-order valence-electron chi connectivity index (χ3n) is 5.11. The summed E-state index contributed by atoms with van der Waals surface area (Å²) in [5.41, 5.74) is 3.79. The summed E-state index contributed by atoms with van der Waals surface area (Å²) in [6.07, 6.45) is 1.75. The van der Waals surface area contributed by atoms with Crippen LogP contribution in [0.1, 0.15) is 31.4 Å². The van der Waals surface area contributed by atoms with Gasteiger partial charge >= 0.3 is 0 Å². The highest BCUT2D eigenvalue weighted by Crippen LogP contribution is 2.43. The molecule has 4 nitrogen and oxygen atoms in total. The lowest BCUT2D eigenvalue weighted by atomic mass is 9.69. The highest BCUT2D eigenvalue weighted by atomic mass is 32.2. The van der Waals surface area contributed by atoms with Gasteiger partial charge in [-0.1, -0.05) is 49.9 Å². The van der Waals surface area contributed by atoms with E-state index in [0.29, 0.717) is 11.7 Å². The van der Waals surface area contributed by atoms with Crippen molar-refractivity contribution in [2.24, 2.45) is 0 Å². The van der Waals surface area contributed by atoms with E-state index in [1.54, 1.807) is 4.57 Å². The molecule has 2 aromatic rings. The fourth-order valence-electron chi connectivity index (χ4n) is 3.64. The van der Waals surface area contributed by atoms with Crippen LogP contribution < -0.4 is 5.56 Å². The summed E-state index contributed by atoms with van der Waals surface area (Å²) in [4.78, 5) is 18.0. The number of nitrogens with zero attached hydrogens (tertiary/aromatic N) is 3. The topological polar surface area (TPSA) is 58.7 Å². The van der Waals surface area contributed by atoms with Crippen LogP contribution in [0.25, 0.3) is 11.3 Å². The number of nitriles is 1. The maximum Gasteiger partial charge on any atom is 0.258 e. The van der Waals surface area contributed by atoms with Gasteiger partial charge in [0.2, 0.25) is 0 Å². The Labute approximate surface area is 139 Å². The van der Waals surface area contributed by atoms with E-state index in [2.05, 4.69) is 26.0 Å². The van der Waals surface area contributed by atoms with Gasteiger partial charge in [0.25, 0.3) is 5.56 Å². The van der Waals surface area contributed by atoms with Gasteiger partial charge in [-0.15, -0.1) is 0 Å². The normalized spacial score (nSPS) is 24.5. The summed E-state index contributed by atoms with van der Waals surface area (Å²) >= 11 is 1.40. The van der Waals surface area contributed by atoms with Crippen LogP contribution in [0.2, 0.25) is 0 Å². The second-order valence-electron chi connectivity index (χ2n) is 6.52. The van der Waals surface area contributed by atoms with Crippen molar-refractivity contribution in [3.63, 3.8) is 0 Å². The summed E-state index contributed by atoms with van der Waals surface area (Å²) in [5, 5.41) is 9.64. The fourth-order valence-corrected chi connectivity index (χ4v) is 4.60. The quantitative estimate of drug-likeness (QED) is 0.757. The SMILES string of the molecule is CC[C@]1(C)Cc2ccccc2-c2nc3n(c(=O)c21)C[C@@H](C#N)S3. The zero-order valence-corrected chi connectivity index (χ0v) is 14.0. The molecule has 0 N–H and O–H groups in total. The maximum atomic E-state index is 13.2. The van der Waals surface area contributed by atoms with Crippen molar-refractivity contribution in [1.29, 1.82) is 5.26 Å². The van der Waals surface area contributed by atoms with Gasteiger partial charge in [0, 0.05) is 11.0 Å². The molecule has 2 atom stereocenters. The molecule has 0 fully saturated rings. The van der Waals surface area contributed by atoms with E-state index in [1.807, 2.05) is 18.2 Å². The number of aromatic nitrogens is 2. The lowest BCUT2D eigenvalue weighted by Gasteiger charge is -2.35. The molecule has 0 saturated carbocycles. The first-order valence-corrected chi connectivity index (χ1v) is 8.75. The standard InChI is InChI=1S/C18H17N3OS/c1-3-18(2)8-11-6-4-5-7-13(11)15-14(18)16(22)21-10-12(9-19)23-17(21)20-15/h4-7,12H,3,8,10H2,1-2H3/t12-,18-/m1/s1. The highest BCUT2D eigenvalue weighted by Gasteiger charge is 2.39. The predicted molar refractivity (Wildman–Crippen MR) is 90.5 cm³/mol. The fraction of sp³-hybridized carbons (Fsp3) is 0.389. The summed E-state index contributed by atoms with van der Waals surface area (Å²) in [5.74, 6) is 0. The van der Waals surface area contributed by atoms with E-state index >= 15 is 0 Å². The van der Waals surface area contributed by atoms with E-state index in [0.717, 1.165) is 29.7 Å². The first-order chi connectivity index (χ1) is 11.1. The van der Waals surface area contributed by atoms with Crippen LogP contribution >= 0.6 is 11.8 Å². The first kappa shape index (κ1) is 14.5. The van der Waals surface area contributed by atoms with E-state index in [-0.39, 0.29) is 16.2 Å². The van der Waals surface area contributed by atoms with E-state index in [9.17, 15) is 10.1 Å². The number of fused-ring (bicyclic) bond motifs is 4. The van der Waals surface area contributed by atoms with E-state index < -0.39 is 0 Å². The van der Waals surface area contributed by atoms with Crippen LogP contribution in [0.4, 0.5) is 0 Å². The number of hydrogen-bond acceptors (Lipinski definition) is 4. The van der Waals surface area contributed by atoms with Crippen LogP contribution in [0, 0.1) is 11.3 Å². The highest BCUT2D eigenvalue weighted by molar-refractivity contribution is 8.00. The van der Waals surface area contributed by atoms with Gasteiger partial charge in [-0.3, -0.25) is 9.36 Å². The van der Waals surface area contributed by atoms with E-state index in [1.165, 1.54) is 17.3 Å². The van der Waals surface area contributed by atoms with Gasteiger partial charge in [0.1, 0.15) is 5.25 Å². The van der Waals surface area contributed by atoms with Crippen molar-refractivity contribution in [3.8, 4) is 17.3 Å². The van der Waals surface area contributed by atoms with Gasteiger partial charge in [0.05, 0.1) is 23.9 Å². The molecule has 5 heteroatoms. The summed E-state index contributed by atoms with van der Waals surface area (Å²) in [6.45, 7) is 4.72. The molecule has 1 aliphatic heterocycles. The Morgan fingerprint density at radius 2 is 2.26 bits per heavy atom. The number of rotatable bonds is 1. The average molecular weight is 323 g/mol. The lowest BCUT2D eigenvalue weighted by molar-refractivity contribution is 0.430. The molecule has 1 aromatic heterocycles. The van der Waals surface area contributed by atoms with Gasteiger partial charge in [-0.05, 0) is 18.4 Å². The second kappa shape index (κ2) is 4.97. The zero-order chi connectivity index (χ0) is 16.2. The summed E-state index contributed by atoms with van der Waals surface area (Å²) in [7, 11) is 0. The minimum absolute atomic E-state index is 0.0362. The molecule has 2 heterocycles. The molecule has 0 radical (unpaired) electrons. The Kier molecular flexibility index (Phi) is 3.14. The van der Waals surface area contributed by atoms with Gasteiger partial charge in [0.15, 0.2) is 5.16 Å². The number of hydrogen-bond donors (Lipinski definition) is 0. The van der Waals surface area contributed by atoms with Crippen molar-refractivity contribution < 1.29 is 0 Å². The molecule has 23 heavy (non-hydrogen) atoms. The molecule has 0 amide bonds. The van der Waals surface area contributed by atoms with Crippen molar-refractivity contribution in [1.82, 2.24) is 9.55 Å². The Hall–Kier alpha value is -2.06. The maximum absolute atomic E-state index is 13.2. The third-order valence-corrected chi connectivity index (χ3v) is 6.17. The van der Waals surface area contributed by atoms with Gasteiger partial charge < -0.3 is 0 Å². The molecular weight excluding hydrogens is 306 g/mol. The van der Waals surface area contributed by atoms with Crippen LogP contribution in [0.5, 0.6) is 0 Å². The van der Waals surface area contributed by atoms with Gasteiger partial charge in [-0.25, -0.2) is 4.98 Å². The number of benzene rings is 1. The molecule has 0 unspecified atom stereocenters. The van der Waals surface area contributed by atoms with Crippen LogP contribution in [0.15, 0.2) is 34.2 Å².